The second-order valence-corrected chi connectivity index (χ2v) is 7.56. The summed E-state index contributed by atoms with van der Waals surface area (Å²) >= 11 is 0. The van der Waals surface area contributed by atoms with Crippen molar-refractivity contribution in [1.82, 2.24) is 0 Å². The second-order valence-electron chi connectivity index (χ2n) is 7.56. The number of phenols is 2. The highest BCUT2D eigenvalue weighted by atomic mass is 16.6. The van der Waals surface area contributed by atoms with Gasteiger partial charge in [-0.15, -0.1) is 0 Å². The van der Waals surface area contributed by atoms with Gasteiger partial charge in [0.1, 0.15) is 35.9 Å². The maximum Gasteiger partial charge on any atom is 0.310 e. The first-order valence-electron chi connectivity index (χ1n) is 9.82. The molecule has 4 unspecified atom stereocenters. The lowest BCUT2D eigenvalue weighted by Crippen LogP contribution is -2.65. The number of aliphatic hydroxyl groups is 4. The number of aliphatic hydroxyl groups excluding tert-OH is 4. The Kier molecular flexibility index (Phi) is 7.31. The monoisotopic (exact) mass is 448 g/mol. The van der Waals surface area contributed by atoms with Crippen LogP contribution in [0.15, 0.2) is 48.5 Å². The molecule has 2 aromatic carbocycles. The number of hydrogen-bond donors (Lipinski definition) is 6. The van der Waals surface area contributed by atoms with E-state index in [-0.39, 0.29) is 24.3 Å². The summed E-state index contributed by atoms with van der Waals surface area (Å²) in [5, 5.41) is 59.9. The van der Waals surface area contributed by atoms with E-state index in [4.69, 9.17) is 9.47 Å². The third kappa shape index (κ3) is 5.54. The molecule has 1 aliphatic carbocycles. The quantitative estimate of drug-likeness (QED) is 0.306. The van der Waals surface area contributed by atoms with Gasteiger partial charge in [0, 0.05) is 0 Å². The summed E-state index contributed by atoms with van der Waals surface area (Å²) in [6, 6.07) is 11.4. The van der Waals surface area contributed by atoms with Crippen molar-refractivity contribution in [2.24, 2.45) is 0 Å². The highest BCUT2D eigenvalue weighted by Gasteiger charge is 2.52. The van der Waals surface area contributed by atoms with Crippen molar-refractivity contribution in [2.45, 2.75) is 49.5 Å². The Morgan fingerprint density at radius 3 is 1.16 bits per heavy atom. The number of aromatic hydroxyl groups is 2. The van der Waals surface area contributed by atoms with E-state index in [0.717, 1.165) is 0 Å². The van der Waals surface area contributed by atoms with E-state index in [1.54, 1.807) is 0 Å². The molecule has 0 aliphatic heterocycles. The molecule has 32 heavy (non-hydrogen) atoms. The Hall–Kier alpha value is -3.18. The third-order valence-corrected chi connectivity index (χ3v) is 5.15. The van der Waals surface area contributed by atoms with E-state index < -0.39 is 48.6 Å². The van der Waals surface area contributed by atoms with Gasteiger partial charge >= 0.3 is 11.9 Å². The summed E-state index contributed by atoms with van der Waals surface area (Å²) in [6.07, 6.45) is -11.1. The van der Waals surface area contributed by atoms with Crippen molar-refractivity contribution >= 4 is 11.9 Å². The molecule has 0 aromatic heterocycles. The molecule has 4 atom stereocenters. The molecule has 1 fully saturated rings. The van der Waals surface area contributed by atoms with Crippen molar-refractivity contribution in [1.29, 1.82) is 0 Å². The highest BCUT2D eigenvalue weighted by Crippen LogP contribution is 2.27. The molecule has 6 N–H and O–H groups in total. The topological polar surface area (TPSA) is 174 Å². The van der Waals surface area contributed by atoms with Gasteiger partial charge in [0.25, 0.3) is 0 Å². The Morgan fingerprint density at radius 1 is 0.594 bits per heavy atom. The van der Waals surface area contributed by atoms with Crippen LogP contribution in [0.25, 0.3) is 0 Å². The molecule has 172 valence electrons. The minimum Gasteiger partial charge on any atom is -0.508 e. The second kappa shape index (κ2) is 9.96. The van der Waals surface area contributed by atoms with Gasteiger partial charge in [-0.05, 0) is 35.4 Å². The minimum atomic E-state index is -1.83. The van der Waals surface area contributed by atoms with Crippen molar-refractivity contribution in [2.75, 3.05) is 0 Å². The number of carbonyl (C=O) groups is 2. The van der Waals surface area contributed by atoms with Crippen LogP contribution < -0.4 is 0 Å². The molecule has 0 heterocycles. The molecule has 0 spiro atoms. The minimum absolute atomic E-state index is 0.0116. The average Bonchev–Trinajstić information content (AvgIpc) is 2.76. The fourth-order valence-corrected chi connectivity index (χ4v) is 3.41. The SMILES string of the molecule is O=C(Cc1ccc(O)cc1)OC1C(O)C(O)C(OC(=O)Cc2ccc(O)cc2)C(O)C1O. The van der Waals surface area contributed by atoms with Gasteiger partial charge in [0.05, 0.1) is 12.8 Å². The standard InChI is InChI=1S/C22H24O10/c23-13-5-1-11(2-6-13)9-15(25)31-21-17(27)19(29)22(20(30)18(21)28)32-16(26)10-12-3-7-14(24)8-4-12/h1-8,17-24,27-30H,9-10H2. The summed E-state index contributed by atoms with van der Waals surface area (Å²) in [4.78, 5) is 24.4. The van der Waals surface area contributed by atoms with Gasteiger partial charge in [-0.1, -0.05) is 24.3 Å². The van der Waals surface area contributed by atoms with Crippen LogP contribution >= 0.6 is 0 Å². The lowest BCUT2D eigenvalue weighted by molar-refractivity contribution is -0.240. The van der Waals surface area contributed by atoms with Crippen LogP contribution in [0.2, 0.25) is 0 Å². The van der Waals surface area contributed by atoms with Gasteiger partial charge in [-0.3, -0.25) is 9.59 Å². The van der Waals surface area contributed by atoms with Crippen LogP contribution in [-0.4, -0.2) is 79.2 Å². The number of phenolic OH excluding ortho intramolecular Hbond substituents is 2. The van der Waals surface area contributed by atoms with E-state index in [2.05, 4.69) is 0 Å². The fraction of sp³-hybridized carbons (Fsp3) is 0.364. The molecule has 0 saturated heterocycles. The average molecular weight is 448 g/mol. The largest absolute Gasteiger partial charge is 0.508 e. The van der Waals surface area contributed by atoms with Crippen LogP contribution in [0.5, 0.6) is 11.5 Å². The summed E-state index contributed by atoms with van der Waals surface area (Å²) in [5.74, 6) is -1.67. The molecular weight excluding hydrogens is 424 g/mol. The Labute approximate surface area is 182 Å². The van der Waals surface area contributed by atoms with Crippen LogP contribution in [0, 0.1) is 0 Å². The Balaban J connectivity index is 1.61. The van der Waals surface area contributed by atoms with Crippen molar-refractivity contribution in [3.8, 4) is 11.5 Å². The van der Waals surface area contributed by atoms with Gasteiger partial charge < -0.3 is 40.1 Å². The lowest BCUT2D eigenvalue weighted by Gasteiger charge is -2.42. The smallest absolute Gasteiger partial charge is 0.310 e. The normalized spacial score (nSPS) is 27.5. The van der Waals surface area contributed by atoms with E-state index >= 15 is 0 Å². The summed E-state index contributed by atoms with van der Waals surface area (Å²) in [6.45, 7) is 0. The summed E-state index contributed by atoms with van der Waals surface area (Å²) in [7, 11) is 0. The van der Waals surface area contributed by atoms with E-state index in [1.807, 2.05) is 0 Å². The van der Waals surface area contributed by atoms with Crippen molar-refractivity contribution in [3.05, 3.63) is 59.7 Å². The lowest BCUT2D eigenvalue weighted by atomic mass is 9.84. The number of esters is 2. The van der Waals surface area contributed by atoms with Gasteiger partial charge in [-0.2, -0.15) is 0 Å². The first-order chi connectivity index (χ1) is 15.2. The molecule has 1 saturated carbocycles. The summed E-state index contributed by atoms with van der Waals surface area (Å²) in [5.41, 5.74) is 0.990. The predicted molar refractivity (Wildman–Crippen MR) is 107 cm³/mol. The fourth-order valence-electron chi connectivity index (χ4n) is 3.41. The Bertz CT molecular complexity index is 833. The number of rotatable bonds is 6. The van der Waals surface area contributed by atoms with Gasteiger partial charge in [0.2, 0.25) is 0 Å². The zero-order valence-corrected chi connectivity index (χ0v) is 16.8. The van der Waals surface area contributed by atoms with Crippen LogP contribution in [0.1, 0.15) is 11.1 Å². The molecule has 10 nitrogen and oxygen atoms in total. The number of benzene rings is 2. The number of ether oxygens (including phenoxy) is 2. The van der Waals surface area contributed by atoms with Gasteiger partial charge in [0.15, 0.2) is 12.2 Å². The van der Waals surface area contributed by atoms with Crippen molar-refractivity contribution in [3.63, 3.8) is 0 Å². The first kappa shape index (κ1) is 23.5. The number of carbonyl (C=O) groups excluding carboxylic acids is 2. The van der Waals surface area contributed by atoms with E-state index in [9.17, 15) is 40.2 Å². The van der Waals surface area contributed by atoms with E-state index in [1.165, 1.54) is 48.5 Å². The van der Waals surface area contributed by atoms with Gasteiger partial charge in [-0.25, -0.2) is 0 Å². The molecule has 0 radical (unpaired) electrons. The zero-order chi connectivity index (χ0) is 23.4. The highest BCUT2D eigenvalue weighted by molar-refractivity contribution is 5.73. The maximum absolute atomic E-state index is 12.2. The third-order valence-electron chi connectivity index (χ3n) is 5.15. The van der Waals surface area contributed by atoms with E-state index in [0.29, 0.717) is 11.1 Å². The molecule has 2 aromatic rings. The Morgan fingerprint density at radius 2 is 0.875 bits per heavy atom. The van der Waals surface area contributed by atoms with Crippen molar-refractivity contribution < 1.29 is 49.7 Å². The summed E-state index contributed by atoms with van der Waals surface area (Å²) < 4.78 is 10.1. The van der Waals surface area contributed by atoms with Crippen LogP contribution in [0.3, 0.4) is 0 Å². The molecule has 1 aliphatic rings. The van der Waals surface area contributed by atoms with Crippen LogP contribution in [0.4, 0.5) is 0 Å². The molecule has 3 rings (SSSR count). The van der Waals surface area contributed by atoms with Crippen LogP contribution in [-0.2, 0) is 31.9 Å². The maximum atomic E-state index is 12.2. The zero-order valence-electron chi connectivity index (χ0n) is 16.8. The first-order valence-corrected chi connectivity index (χ1v) is 9.82. The molecular formula is C22H24O10. The molecule has 0 amide bonds. The molecule has 10 heteroatoms. The molecule has 0 bridgehead atoms. The predicted octanol–water partition coefficient (Wildman–Crippen LogP) is -0.836. The number of hydrogen-bond acceptors (Lipinski definition) is 10.